The minimum absolute atomic E-state index is 0.105. The minimum atomic E-state index is 0.105. The van der Waals surface area contributed by atoms with Crippen LogP contribution in [0.4, 0.5) is 5.95 Å². The number of hydrogen-bond acceptors (Lipinski definition) is 5. The van der Waals surface area contributed by atoms with Gasteiger partial charge in [0.05, 0.1) is 12.2 Å². The van der Waals surface area contributed by atoms with Crippen molar-refractivity contribution >= 4 is 5.95 Å². The van der Waals surface area contributed by atoms with E-state index in [2.05, 4.69) is 54.8 Å². The molecule has 2 rings (SSSR count). The van der Waals surface area contributed by atoms with Gasteiger partial charge in [-0.3, -0.25) is 0 Å². The highest BCUT2D eigenvalue weighted by Gasteiger charge is 2.23. The van der Waals surface area contributed by atoms with E-state index >= 15 is 0 Å². The number of morpholine rings is 1. The fraction of sp³-hybridized carbons (Fsp3) is 0.733. The predicted molar refractivity (Wildman–Crippen MR) is 80.8 cm³/mol. The molecule has 20 heavy (non-hydrogen) atoms. The smallest absolute Gasteiger partial charge is 0.225 e. The molecule has 1 aromatic heterocycles. The fourth-order valence-electron chi connectivity index (χ4n) is 2.31. The molecule has 112 valence electrons. The Kier molecular flexibility index (Phi) is 4.60. The van der Waals surface area contributed by atoms with E-state index in [9.17, 15) is 0 Å². The molecule has 0 aliphatic carbocycles. The van der Waals surface area contributed by atoms with Crippen LogP contribution in [-0.4, -0.2) is 40.8 Å². The Morgan fingerprint density at radius 2 is 1.75 bits per heavy atom. The van der Waals surface area contributed by atoms with Crippen molar-refractivity contribution < 1.29 is 4.74 Å². The van der Waals surface area contributed by atoms with Gasteiger partial charge in [0.2, 0.25) is 5.95 Å². The number of anilines is 1. The molecule has 5 heteroatoms. The maximum absolute atomic E-state index is 5.73. The van der Waals surface area contributed by atoms with Crippen LogP contribution >= 0.6 is 0 Å². The highest BCUT2D eigenvalue weighted by molar-refractivity contribution is 5.31. The SMILES string of the molecule is C[C@@H]1CN(c2ncc(CNC(C)(C)C)cn2)C[C@H](C)O1. The van der Waals surface area contributed by atoms with Crippen LogP contribution < -0.4 is 10.2 Å². The number of aromatic nitrogens is 2. The van der Waals surface area contributed by atoms with Crippen molar-refractivity contribution in [3.63, 3.8) is 0 Å². The van der Waals surface area contributed by atoms with Crippen molar-refractivity contribution in [1.29, 1.82) is 0 Å². The minimum Gasteiger partial charge on any atom is -0.372 e. The summed E-state index contributed by atoms with van der Waals surface area (Å²) in [5, 5.41) is 3.44. The average molecular weight is 278 g/mol. The standard InChI is InChI=1S/C15H26N4O/c1-11-9-19(10-12(2)20-11)14-16-6-13(7-17-14)8-18-15(3,4)5/h6-7,11-12,18H,8-10H2,1-5H3/t11-,12+. The molecule has 0 bridgehead atoms. The van der Waals surface area contributed by atoms with Gasteiger partial charge in [0, 0.05) is 43.1 Å². The van der Waals surface area contributed by atoms with E-state index in [-0.39, 0.29) is 17.7 Å². The molecule has 0 amide bonds. The summed E-state index contributed by atoms with van der Waals surface area (Å²) < 4.78 is 5.73. The Morgan fingerprint density at radius 1 is 1.20 bits per heavy atom. The molecule has 0 saturated carbocycles. The maximum atomic E-state index is 5.73. The van der Waals surface area contributed by atoms with Gasteiger partial charge in [-0.2, -0.15) is 0 Å². The third-order valence-electron chi connectivity index (χ3n) is 3.22. The summed E-state index contributed by atoms with van der Waals surface area (Å²) in [5.74, 6) is 0.798. The lowest BCUT2D eigenvalue weighted by Gasteiger charge is -2.35. The largest absolute Gasteiger partial charge is 0.372 e. The average Bonchev–Trinajstić information content (AvgIpc) is 2.35. The molecule has 0 radical (unpaired) electrons. The molecule has 0 unspecified atom stereocenters. The summed E-state index contributed by atoms with van der Waals surface area (Å²) in [6, 6.07) is 0. The van der Waals surface area contributed by atoms with E-state index < -0.39 is 0 Å². The van der Waals surface area contributed by atoms with E-state index in [1.807, 2.05) is 12.4 Å². The van der Waals surface area contributed by atoms with Crippen molar-refractivity contribution in [2.45, 2.75) is 58.9 Å². The zero-order valence-corrected chi connectivity index (χ0v) is 13.2. The second-order valence-electron chi connectivity index (χ2n) is 6.66. The molecule has 1 aliphatic heterocycles. The van der Waals surface area contributed by atoms with Crippen molar-refractivity contribution in [3.05, 3.63) is 18.0 Å². The summed E-state index contributed by atoms with van der Waals surface area (Å²) in [6.07, 6.45) is 4.27. The first-order valence-corrected chi connectivity index (χ1v) is 7.30. The monoisotopic (exact) mass is 278 g/mol. The Balaban J connectivity index is 1.97. The number of hydrogen-bond donors (Lipinski definition) is 1. The molecule has 2 heterocycles. The third kappa shape index (κ3) is 4.42. The van der Waals surface area contributed by atoms with Gasteiger partial charge < -0.3 is 15.0 Å². The summed E-state index contributed by atoms with van der Waals surface area (Å²) in [5.41, 5.74) is 1.21. The molecule has 2 atom stereocenters. The zero-order chi connectivity index (χ0) is 14.8. The van der Waals surface area contributed by atoms with E-state index in [1.54, 1.807) is 0 Å². The fourth-order valence-corrected chi connectivity index (χ4v) is 2.31. The lowest BCUT2D eigenvalue weighted by Crippen LogP contribution is -2.46. The predicted octanol–water partition coefficient (Wildman–Crippen LogP) is 1.98. The van der Waals surface area contributed by atoms with E-state index in [1.165, 1.54) is 0 Å². The van der Waals surface area contributed by atoms with Crippen molar-refractivity contribution in [3.8, 4) is 0 Å². The number of rotatable bonds is 3. The van der Waals surface area contributed by atoms with Gasteiger partial charge in [-0.15, -0.1) is 0 Å². The first-order valence-electron chi connectivity index (χ1n) is 7.30. The van der Waals surface area contributed by atoms with Crippen LogP contribution in [0.15, 0.2) is 12.4 Å². The second-order valence-corrected chi connectivity index (χ2v) is 6.66. The van der Waals surface area contributed by atoms with Crippen LogP contribution in [-0.2, 0) is 11.3 Å². The molecule has 1 saturated heterocycles. The van der Waals surface area contributed by atoms with Crippen LogP contribution in [0.25, 0.3) is 0 Å². The van der Waals surface area contributed by atoms with Crippen molar-refractivity contribution in [2.24, 2.45) is 0 Å². The van der Waals surface area contributed by atoms with Gasteiger partial charge in [-0.05, 0) is 34.6 Å². The topological polar surface area (TPSA) is 50.3 Å². The Hall–Kier alpha value is -1.20. The number of ether oxygens (including phenoxy) is 1. The van der Waals surface area contributed by atoms with Crippen LogP contribution in [0.2, 0.25) is 0 Å². The number of nitrogens with zero attached hydrogens (tertiary/aromatic N) is 3. The van der Waals surface area contributed by atoms with E-state index in [4.69, 9.17) is 4.74 Å². The van der Waals surface area contributed by atoms with Gasteiger partial charge in [0.15, 0.2) is 0 Å². The molecule has 0 spiro atoms. The van der Waals surface area contributed by atoms with Gasteiger partial charge in [-0.25, -0.2) is 9.97 Å². The molecule has 5 nitrogen and oxygen atoms in total. The Bertz CT molecular complexity index is 416. The first-order chi connectivity index (χ1) is 9.33. The van der Waals surface area contributed by atoms with E-state index in [0.717, 1.165) is 31.1 Å². The van der Waals surface area contributed by atoms with Crippen LogP contribution in [0.1, 0.15) is 40.2 Å². The zero-order valence-electron chi connectivity index (χ0n) is 13.2. The molecule has 0 aromatic carbocycles. The normalized spacial score (nSPS) is 23.9. The lowest BCUT2D eigenvalue weighted by atomic mass is 10.1. The highest BCUT2D eigenvalue weighted by atomic mass is 16.5. The molecule has 1 aliphatic rings. The molecule has 1 N–H and O–H groups in total. The van der Waals surface area contributed by atoms with Crippen molar-refractivity contribution in [1.82, 2.24) is 15.3 Å². The van der Waals surface area contributed by atoms with Gasteiger partial charge in [0.1, 0.15) is 0 Å². The van der Waals surface area contributed by atoms with Crippen LogP contribution in [0.5, 0.6) is 0 Å². The van der Waals surface area contributed by atoms with Gasteiger partial charge in [-0.1, -0.05) is 0 Å². The summed E-state index contributed by atoms with van der Waals surface area (Å²) in [7, 11) is 0. The van der Waals surface area contributed by atoms with Crippen LogP contribution in [0, 0.1) is 0 Å². The molecule has 1 fully saturated rings. The first kappa shape index (κ1) is 15.2. The molecular formula is C15H26N4O. The lowest BCUT2D eigenvalue weighted by molar-refractivity contribution is -0.00572. The van der Waals surface area contributed by atoms with E-state index in [0.29, 0.717) is 0 Å². The quantitative estimate of drug-likeness (QED) is 0.916. The van der Waals surface area contributed by atoms with Crippen LogP contribution in [0.3, 0.4) is 0 Å². The Labute approximate surface area is 121 Å². The number of nitrogens with one attached hydrogen (secondary N) is 1. The second kappa shape index (κ2) is 6.06. The summed E-state index contributed by atoms with van der Waals surface area (Å²) in [4.78, 5) is 11.2. The third-order valence-corrected chi connectivity index (χ3v) is 3.22. The summed E-state index contributed by atoms with van der Waals surface area (Å²) in [6.45, 7) is 13.1. The highest BCUT2D eigenvalue weighted by Crippen LogP contribution is 2.16. The Morgan fingerprint density at radius 3 is 2.25 bits per heavy atom. The van der Waals surface area contributed by atoms with Gasteiger partial charge in [0.25, 0.3) is 0 Å². The summed E-state index contributed by atoms with van der Waals surface area (Å²) >= 11 is 0. The van der Waals surface area contributed by atoms with Crippen molar-refractivity contribution in [2.75, 3.05) is 18.0 Å². The maximum Gasteiger partial charge on any atom is 0.225 e. The van der Waals surface area contributed by atoms with Gasteiger partial charge >= 0.3 is 0 Å². The molecule has 1 aromatic rings. The molecular weight excluding hydrogens is 252 g/mol.